The van der Waals surface area contributed by atoms with Crippen LogP contribution < -0.4 is 9.46 Å². The molecule has 2 N–H and O–H groups in total. The Morgan fingerprint density at radius 3 is 2.09 bits per heavy atom. The first kappa shape index (κ1) is 28.8. The summed E-state index contributed by atoms with van der Waals surface area (Å²) in [5.74, 6) is 0.854. The van der Waals surface area contributed by atoms with Crippen molar-refractivity contribution in [1.29, 1.82) is 0 Å². The molecule has 0 bridgehead atoms. The maximum atomic E-state index is 12.4. The Kier molecular flexibility index (Phi) is 10.1. The van der Waals surface area contributed by atoms with Crippen molar-refractivity contribution in [1.82, 2.24) is 4.72 Å². The summed E-state index contributed by atoms with van der Waals surface area (Å²) in [6.45, 7) is 4.36. The average Bonchev–Trinajstić information content (AvgIpc) is 2.96. The number of hydrogen-bond donors (Lipinski definition) is 2. The fourth-order valence-corrected chi connectivity index (χ4v) is 5.51. The Morgan fingerprint density at radius 1 is 0.912 bits per heavy atom. The molecule has 0 unspecified atom stereocenters. The third-order valence-electron chi connectivity index (χ3n) is 5.57. The van der Waals surface area contributed by atoms with Gasteiger partial charge in [0.05, 0.1) is 12.0 Å². The molecule has 0 fully saturated rings. The molecule has 0 amide bonds. The van der Waals surface area contributed by atoms with Crippen molar-refractivity contribution >= 4 is 49.7 Å². The van der Waals surface area contributed by atoms with Crippen LogP contribution in [-0.2, 0) is 26.6 Å². The van der Waals surface area contributed by atoms with E-state index >= 15 is 0 Å². The third kappa shape index (κ3) is 7.04. The molecule has 34 heavy (non-hydrogen) atoms. The molecule has 2 aliphatic rings. The molecule has 0 radical (unpaired) electrons. The van der Waals surface area contributed by atoms with Crippen molar-refractivity contribution in [3.05, 3.63) is 65.7 Å². The topological polar surface area (TPSA) is 110 Å². The zero-order chi connectivity index (χ0) is 24.2. The Bertz CT molecular complexity index is 1290. The molecular formula is C24H30NNaO6S2. The first-order valence-corrected chi connectivity index (χ1v) is 13.6. The Morgan fingerprint density at radius 2 is 1.53 bits per heavy atom. The van der Waals surface area contributed by atoms with E-state index in [2.05, 4.69) is 18.6 Å². The van der Waals surface area contributed by atoms with Crippen molar-refractivity contribution in [2.45, 2.75) is 48.8 Å². The van der Waals surface area contributed by atoms with Crippen LogP contribution in [0.15, 0.2) is 64.4 Å². The van der Waals surface area contributed by atoms with Gasteiger partial charge in [0.15, 0.2) is 0 Å². The van der Waals surface area contributed by atoms with Crippen molar-refractivity contribution in [2.24, 2.45) is 0 Å². The van der Waals surface area contributed by atoms with Gasteiger partial charge in [0.2, 0.25) is 10.0 Å². The van der Waals surface area contributed by atoms with Gasteiger partial charge in [0.1, 0.15) is 10.6 Å². The number of sulfonamides is 1. The zero-order valence-corrected chi connectivity index (χ0v) is 20.5. The van der Waals surface area contributed by atoms with Gasteiger partial charge >= 0.3 is 29.6 Å². The summed E-state index contributed by atoms with van der Waals surface area (Å²) >= 11 is 0. The van der Waals surface area contributed by atoms with E-state index in [4.69, 9.17) is 4.74 Å². The number of unbranched alkanes of at least 4 members (excludes halogenated alkanes) is 1. The number of ether oxygens (including phenoxy) is 1. The van der Waals surface area contributed by atoms with Gasteiger partial charge in [-0.15, -0.1) is 0 Å². The average molecular weight is 516 g/mol. The second kappa shape index (κ2) is 12.0. The number of benzene rings is 1. The van der Waals surface area contributed by atoms with Crippen LogP contribution in [0.2, 0.25) is 0 Å². The summed E-state index contributed by atoms with van der Waals surface area (Å²) in [5, 5.41) is 0. The summed E-state index contributed by atoms with van der Waals surface area (Å²) in [6.07, 6.45) is 1.77. The molecule has 0 saturated carbocycles. The molecule has 0 aromatic heterocycles. The molecule has 0 heterocycles. The SMILES string of the molecule is COc1ccc(S(=O)(=O)NCCCCc2cc(S(=O)(=O)O)c3ccc(C(C)C)ccc2-3)cc1.[NaH]. The number of rotatable bonds is 10. The number of hydrogen-bond acceptors (Lipinski definition) is 5. The standard InChI is InChI=1S/C24H29NO6S2.Na.H/c1-17(2)18-7-13-22-19(16-24(33(28,29)30)23(22)14-8-18)6-4-5-15-25-32(26,27)21-11-9-20(31-3)10-12-21;;/h7-14,16-17,25H,4-6,15H2,1-3H3,(H,28,29,30);;. The van der Waals surface area contributed by atoms with Crippen molar-refractivity contribution in [2.75, 3.05) is 13.7 Å². The molecule has 1 aromatic carbocycles. The van der Waals surface area contributed by atoms with Gasteiger partial charge in [0.25, 0.3) is 10.1 Å². The van der Waals surface area contributed by atoms with Gasteiger partial charge in [-0.05, 0) is 72.2 Å². The van der Waals surface area contributed by atoms with E-state index in [1.165, 1.54) is 25.3 Å². The molecule has 3 rings (SSSR count). The van der Waals surface area contributed by atoms with Gasteiger partial charge in [-0.25, -0.2) is 13.1 Å². The van der Waals surface area contributed by atoms with Gasteiger partial charge in [-0.2, -0.15) is 8.42 Å². The zero-order valence-electron chi connectivity index (χ0n) is 18.9. The summed E-state index contributed by atoms with van der Waals surface area (Å²) < 4.78 is 66.0. The number of nitrogens with one attached hydrogen (secondary N) is 1. The van der Waals surface area contributed by atoms with Crippen molar-refractivity contribution in [3.8, 4) is 16.9 Å². The third-order valence-corrected chi connectivity index (χ3v) is 7.94. The summed E-state index contributed by atoms with van der Waals surface area (Å²) in [6, 6.07) is 15.1. The fourth-order valence-electron chi connectivity index (χ4n) is 3.69. The van der Waals surface area contributed by atoms with Crippen LogP contribution in [-0.4, -0.2) is 64.6 Å². The van der Waals surface area contributed by atoms with Gasteiger partial charge in [-0.1, -0.05) is 38.1 Å². The van der Waals surface area contributed by atoms with Crippen LogP contribution in [0.4, 0.5) is 0 Å². The number of fused-ring (bicyclic) bond motifs is 1. The molecule has 0 spiro atoms. The number of methoxy groups -OCH3 is 1. The summed E-state index contributed by atoms with van der Waals surface area (Å²) in [7, 11) is -6.47. The predicted octanol–water partition coefficient (Wildman–Crippen LogP) is 3.82. The van der Waals surface area contributed by atoms with E-state index in [9.17, 15) is 21.4 Å². The van der Waals surface area contributed by atoms with E-state index < -0.39 is 20.1 Å². The van der Waals surface area contributed by atoms with Crippen LogP contribution in [0.1, 0.15) is 43.7 Å². The van der Waals surface area contributed by atoms with E-state index in [1.54, 1.807) is 18.2 Å². The molecular weight excluding hydrogens is 485 g/mol. The van der Waals surface area contributed by atoms with E-state index in [0.29, 0.717) is 30.6 Å². The number of aryl methyl sites for hydroxylation is 1. The second-order valence-corrected chi connectivity index (χ2v) is 11.3. The van der Waals surface area contributed by atoms with Gasteiger partial charge < -0.3 is 4.74 Å². The van der Waals surface area contributed by atoms with Crippen LogP contribution in [0.3, 0.4) is 0 Å². The summed E-state index contributed by atoms with van der Waals surface area (Å²) in [4.78, 5) is 0.0650. The van der Waals surface area contributed by atoms with Gasteiger partial charge in [-0.3, -0.25) is 4.55 Å². The fraction of sp³-hybridized carbons (Fsp3) is 0.333. The van der Waals surface area contributed by atoms with E-state index in [0.717, 1.165) is 16.7 Å². The molecule has 7 nitrogen and oxygen atoms in total. The van der Waals surface area contributed by atoms with E-state index in [-0.39, 0.29) is 51.8 Å². The Balaban J connectivity index is 0.00000408. The molecule has 10 heteroatoms. The van der Waals surface area contributed by atoms with E-state index in [1.807, 2.05) is 18.2 Å². The van der Waals surface area contributed by atoms with Crippen molar-refractivity contribution in [3.63, 3.8) is 0 Å². The Hall–Kier alpha value is -1.46. The molecule has 2 aliphatic carbocycles. The molecule has 0 aliphatic heterocycles. The monoisotopic (exact) mass is 515 g/mol. The molecule has 0 saturated heterocycles. The maximum absolute atomic E-state index is 12.4. The van der Waals surface area contributed by atoms with Crippen molar-refractivity contribution < 1.29 is 26.1 Å². The van der Waals surface area contributed by atoms with Crippen LogP contribution in [0.25, 0.3) is 11.1 Å². The van der Waals surface area contributed by atoms with Crippen LogP contribution in [0, 0.1) is 0 Å². The molecule has 1 aromatic rings. The Labute approximate surface area is 224 Å². The van der Waals surface area contributed by atoms with Gasteiger partial charge in [0, 0.05) is 12.1 Å². The first-order chi connectivity index (χ1) is 15.5. The minimum atomic E-state index is -4.36. The van der Waals surface area contributed by atoms with Crippen LogP contribution >= 0.6 is 0 Å². The first-order valence-electron chi connectivity index (χ1n) is 10.7. The van der Waals surface area contributed by atoms with Crippen LogP contribution in [0.5, 0.6) is 5.75 Å². The predicted molar refractivity (Wildman–Crippen MR) is 135 cm³/mol. The summed E-state index contributed by atoms with van der Waals surface area (Å²) in [5.41, 5.74) is 3.13. The molecule has 180 valence electrons. The quantitative estimate of drug-likeness (QED) is 0.241. The minimum absolute atomic E-state index is 0. The normalized spacial score (nSPS) is 12.0. The second-order valence-electron chi connectivity index (χ2n) is 8.19. The molecule has 0 atom stereocenters.